The largest absolute Gasteiger partial charge is 0.417 e. The van der Waals surface area contributed by atoms with Gasteiger partial charge in [0.2, 0.25) is 5.95 Å². The number of hydrogen-bond acceptors (Lipinski definition) is 4. The monoisotopic (exact) mass is 455 g/mol. The van der Waals surface area contributed by atoms with Gasteiger partial charge in [-0.15, -0.1) is 0 Å². The Balaban J connectivity index is 1.61. The van der Waals surface area contributed by atoms with E-state index < -0.39 is 17.6 Å². The van der Waals surface area contributed by atoms with Gasteiger partial charge >= 0.3 is 6.18 Å². The topological polar surface area (TPSA) is 66.5 Å². The second kappa shape index (κ2) is 8.46. The molecule has 1 saturated carbocycles. The highest BCUT2D eigenvalue weighted by Gasteiger charge is 2.34. The van der Waals surface area contributed by atoms with E-state index in [4.69, 9.17) is 0 Å². The van der Waals surface area contributed by atoms with Gasteiger partial charge in [-0.05, 0) is 43.2 Å². The maximum Gasteiger partial charge on any atom is 0.417 e. The number of halogens is 4. The number of nitrogens with one attached hydrogen (secondary N) is 2. The number of nitrogens with zero attached hydrogens (tertiary/aromatic N) is 3. The molecule has 2 aromatic carbocycles. The predicted molar refractivity (Wildman–Crippen MR) is 118 cm³/mol. The number of aromatic nitrogens is 4. The van der Waals surface area contributed by atoms with Crippen LogP contribution in [0.2, 0.25) is 0 Å². The summed E-state index contributed by atoms with van der Waals surface area (Å²) in [6.45, 7) is 0. The van der Waals surface area contributed by atoms with Crippen molar-refractivity contribution in [3.63, 3.8) is 0 Å². The van der Waals surface area contributed by atoms with Gasteiger partial charge in [-0.25, -0.2) is 14.4 Å². The van der Waals surface area contributed by atoms with Crippen LogP contribution in [0.4, 0.5) is 29.3 Å². The Morgan fingerprint density at radius 2 is 1.73 bits per heavy atom. The molecule has 1 aliphatic rings. The number of benzene rings is 2. The lowest BCUT2D eigenvalue weighted by Crippen LogP contribution is -2.11. The molecule has 0 spiro atoms. The molecule has 9 heteroatoms. The van der Waals surface area contributed by atoms with Crippen LogP contribution in [0.25, 0.3) is 22.2 Å². The van der Waals surface area contributed by atoms with Crippen molar-refractivity contribution in [3.05, 3.63) is 65.6 Å². The van der Waals surface area contributed by atoms with Crippen LogP contribution >= 0.6 is 0 Å². The van der Waals surface area contributed by atoms with Crippen LogP contribution in [0.3, 0.4) is 0 Å². The molecule has 0 saturated heterocycles. The van der Waals surface area contributed by atoms with Crippen LogP contribution in [0.5, 0.6) is 0 Å². The summed E-state index contributed by atoms with van der Waals surface area (Å²) in [5, 5.41) is 10.5. The molecule has 2 aromatic heterocycles. The average Bonchev–Trinajstić information content (AvgIpc) is 3.20. The molecule has 5 rings (SSSR count). The van der Waals surface area contributed by atoms with E-state index in [1.165, 1.54) is 24.3 Å². The Hall–Kier alpha value is -3.49. The standard InChI is InChI=1S/C24H21F4N5/c25-15-10-11-19-17(12-15)22(33-32-19)31-23-29-20(14-6-2-1-3-7-14)13-21(30-23)16-8-4-5-9-18(16)24(26,27)28/h4-5,8-14H,1-3,6-7H2,(H2,29,30,31,32,33). The van der Waals surface area contributed by atoms with Gasteiger partial charge in [0, 0.05) is 22.6 Å². The molecule has 1 aliphatic carbocycles. The summed E-state index contributed by atoms with van der Waals surface area (Å²) in [5.74, 6) is 0.152. The fourth-order valence-electron chi connectivity index (χ4n) is 4.41. The van der Waals surface area contributed by atoms with E-state index in [9.17, 15) is 17.6 Å². The Morgan fingerprint density at radius 3 is 2.52 bits per heavy atom. The number of fused-ring (bicyclic) bond motifs is 1. The summed E-state index contributed by atoms with van der Waals surface area (Å²) in [6, 6.07) is 11.3. The Bertz CT molecular complexity index is 1290. The van der Waals surface area contributed by atoms with Crippen LogP contribution in [0, 0.1) is 5.82 Å². The summed E-state index contributed by atoms with van der Waals surface area (Å²) < 4.78 is 54.9. The maximum atomic E-state index is 13.8. The SMILES string of the molecule is Fc1ccc2[nH]nc(Nc3nc(-c4ccccc4C(F)(F)F)cc(C4CCCCC4)n3)c2c1. The van der Waals surface area contributed by atoms with Crippen LogP contribution in [-0.2, 0) is 6.18 Å². The highest BCUT2D eigenvalue weighted by atomic mass is 19.4. The van der Waals surface area contributed by atoms with E-state index in [0.717, 1.165) is 38.2 Å². The molecule has 0 atom stereocenters. The lowest BCUT2D eigenvalue weighted by Gasteiger charge is -2.22. The third-order valence-electron chi connectivity index (χ3n) is 6.03. The predicted octanol–water partition coefficient (Wildman–Crippen LogP) is 6.97. The van der Waals surface area contributed by atoms with Crippen LogP contribution in [-0.4, -0.2) is 20.2 Å². The van der Waals surface area contributed by atoms with Gasteiger partial charge in [-0.1, -0.05) is 37.5 Å². The minimum Gasteiger partial charge on any atom is -0.307 e. The van der Waals surface area contributed by atoms with Crippen molar-refractivity contribution in [3.8, 4) is 11.3 Å². The first-order chi connectivity index (χ1) is 15.9. The molecule has 0 bridgehead atoms. The number of alkyl halides is 3. The zero-order valence-corrected chi connectivity index (χ0v) is 17.6. The quantitative estimate of drug-likeness (QED) is 0.326. The zero-order valence-electron chi connectivity index (χ0n) is 17.6. The van der Waals surface area contributed by atoms with E-state index in [0.29, 0.717) is 22.4 Å². The number of anilines is 2. The van der Waals surface area contributed by atoms with Gasteiger partial charge < -0.3 is 5.32 Å². The number of rotatable bonds is 4. The van der Waals surface area contributed by atoms with E-state index in [-0.39, 0.29) is 23.1 Å². The van der Waals surface area contributed by atoms with E-state index in [1.807, 2.05) is 0 Å². The second-order valence-corrected chi connectivity index (χ2v) is 8.27. The zero-order chi connectivity index (χ0) is 23.0. The fourth-order valence-corrected chi connectivity index (χ4v) is 4.41. The molecule has 2 N–H and O–H groups in total. The average molecular weight is 455 g/mol. The fraction of sp³-hybridized carbons (Fsp3) is 0.292. The van der Waals surface area contributed by atoms with E-state index in [2.05, 4.69) is 25.5 Å². The molecule has 0 amide bonds. The third kappa shape index (κ3) is 4.40. The first-order valence-corrected chi connectivity index (χ1v) is 10.8. The van der Waals surface area contributed by atoms with Crippen molar-refractivity contribution < 1.29 is 17.6 Å². The van der Waals surface area contributed by atoms with Crippen molar-refractivity contribution in [2.24, 2.45) is 0 Å². The highest BCUT2D eigenvalue weighted by Crippen LogP contribution is 2.39. The summed E-state index contributed by atoms with van der Waals surface area (Å²) in [6.07, 6.45) is 0.572. The van der Waals surface area contributed by atoms with Gasteiger partial charge in [0.05, 0.1) is 16.8 Å². The Morgan fingerprint density at radius 1 is 0.939 bits per heavy atom. The van der Waals surface area contributed by atoms with Gasteiger partial charge in [0.15, 0.2) is 5.82 Å². The van der Waals surface area contributed by atoms with Gasteiger partial charge in [-0.3, -0.25) is 5.10 Å². The summed E-state index contributed by atoms with van der Waals surface area (Å²) in [4.78, 5) is 9.03. The molecule has 0 radical (unpaired) electrons. The molecule has 33 heavy (non-hydrogen) atoms. The maximum absolute atomic E-state index is 13.8. The smallest absolute Gasteiger partial charge is 0.307 e. The summed E-state index contributed by atoms with van der Waals surface area (Å²) in [7, 11) is 0. The summed E-state index contributed by atoms with van der Waals surface area (Å²) >= 11 is 0. The molecule has 0 unspecified atom stereocenters. The molecule has 0 aliphatic heterocycles. The molecular formula is C24H21F4N5. The van der Waals surface area contributed by atoms with Crippen molar-refractivity contribution in [1.82, 2.24) is 20.2 Å². The van der Waals surface area contributed by atoms with Crippen molar-refractivity contribution in [2.45, 2.75) is 44.2 Å². The lowest BCUT2D eigenvalue weighted by molar-refractivity contribution is -0.137. The molecular weight excluding hydrogens is 434 g/mol. The lowest BCUT2D eigenvalue weighted by atomic mass is 9.86. The van der Waals surface area contributed by atoms with Gasteiger partial charge in [0.1, 0.15) is 5.82 Å². The minimum absolute atomic E-state index is 0.00885. The second-order valence-electron chi connectivity index (χ2n) is 8.27. The van der Waals surface area contributed by atoms with Gasteiger partial charge in [-0.2, -0.15) is 18.3 Å². The van der Waals surface area contributed by atoms with Crippen molar-refractivity contribution >= 4 is 22.7 Å². The first kappa shape index (κ1) is 21.4. The molecule has 4 aromatic rings. The van der Waals surface area contributed by atoms with Crippen molar-refractivity contribution in [1.29, 1.82) is 0 Å². The molecule has 1 fully saturated rings. The number of aromatic amines is 1. The highest BCUT2D eigenvalue weighted by molar-refractivity contribution is 5.91. The van der Waals surface area contributed by atoms with Crippen molar-refractivity contribution in [2.75, 3.05) is 5.32 Å². The normalized spacial score (nSPS) is 15.2. The van der Waals surface area contributed by atoms with E-state index in [1.54, 1.807) is 18.2 Å². The molecule has 2 heterocycles. The Labute approximate surface area is 187 Å². The van der Waals surface area contributed by atoms with E-state index >= 15 is 0 Å². The van der Waals surface area contributed by atoms with Crippen LogP contribution in [0.1, 0.15) is 49.3 Å². The molecule has 170 valence electrons. The minimum atomic E-state index is -4.52. The first-order valence-electron chi connectivity index (χ1n) is 10.8. The summed E-state index contributed by atoms with van der Waals surface area (Å²) in [5.41, 5.74) is 0.740. The number of hydrogen-bond donors (Lipinski definition) is 2. The third-order valence-corrected chi connectivity index (χ3v) is 6.03. The van der Waals surface area contributed by atoms with Crippen LogP contribution < -0.4 is 5.32 Å². The Kier molecular flexibility index (Phi) is 5.47. The van der Waals surface area contributed by atoms with Gasteiger partial charge in [0.25, 0.3) is 0 Å². The number of H-pyrrole nitrogens is 1. The molecule has 5 nitrogen and oxygen atoms in total. The van der Waals surface area contributed by atoms with Crippen LogP contribution in [0.15, 0.2) is 48.5 Å².